The van der Waals surface area contributed by atoms with Gasteiger partial charge in [-0.15, -0.1) is 0 Å². The van der Waals surface area contributed by atoms with Crippen molar-refractivity contribution in [2.24, 2.45) is 0 Å². The van der Waals surface area contributed by atoms with Gasteiger partial charge in [-0.05, 0) is 42.3 Å². The molecule has 3 aromatic rings. The SMILES string of the molecule is COc1ccc(/C=C/C(=O)Nc2ccccc2C(=O)NCCc2ccccc2)c(OC)c1OC. The van der Waals surface area contributed by atoms with Gasteiger partial charge >= 0.3 is 0 Å². The van der Waals surface area contributed by atoms with Crippen LogP contribution in [0.2, 0.25) is 0 Å². The molecule has 0 heterocycles. The number of carbonyl (C=O) groups excluding carboxylic acids is 2. The molecule has 0 radical (unpaired) electrons. The maximum absolute atomic E-state index is 12.7. The van der Waals surface area contributed by atoms with Gasteiger partial charge in [0.15, 0.2) is 11.5 Å². The second-order valence-corrected chi connectivity index (χ2v) is 7.28. The summed E-state index contributed by atoms with van der Waals surface area (Å²) in [5.41, 5.74) is 2.59. The highest BCUT2D eigenvalue weighted by Crippen LogP contribution is 2.40. The molecule has 0 saturated heterocycles. The zero-order valence-electron chi connectivity index (χ0n) is 19.5. The molecule has 176 valence electrons. The fourth-order valence-electron chi connectivity index (χ4n) is 3.45. The van der Waals surface area contributed by atoms with Crippen LogP contribution in [0.4, 0.5) is 5.69 Å². The minimum absolute atomic E-state index is 0.252. The highest BCUT2D eigenvalue weighted by atomic mass is 16.5. The van der Waals surface area contributed by atoms with Gasteiger partial charge in [-0.3, -0.25) is 9.59 Å². The van der Waals surface area contributed by atoms with Crippen LogP contribution in [0.5, 0.6) is 17.2 Å². The Morgan fingerprint density at radius 3 is 2.24 bits per heavy atom. The maximum atomic E-state index is 12.7. The molecular formula is C27H28N2O5. The molecule has 7 nitrogen and oxygen atoms in total. The van der Waals surface area contributed by atoms with E-state index in [4.69, 9.17) is 14.2 Å². The van der Waals surface area contributed by atoms with Crippen LogP contribution >= 0.6 is 0 Å². The molecule has 3 aromatic carbocycles. The Kier molecular flexibility index (Phi) is 8.68. The van der Waals surface area contributed by atoms with Crippen molar-refractivity contribution >= 4 is 23.6 Å². The third-order valence-electron chi connectivity index (χ3n) is 5.12. The van der Waals surface area contributed by atoms with Crippen LogP contribution in [-0.4, -0.2) is 39.7 Å². The number of para-hydroxylation sites is 1. The minimum atomic E-state index is -0.388. The Labute approximate surface area is 199 Å². The van der Waals surface area contributed by atoms with E-state index in [9.17, 15) is 9.59 Å². The smallest absolute Gasteiger partial charge is 0.253 e. The molecule has 3 rings (SSSR count). The molecule has 0 bridgehead atoms. The number of hydrogen-bond donors (Lipinski definition) is 2. The van der Waals surface area contributed by atoms with Crippen LogP contribution in [0.3, 0.4) is 0 Å². The number of hydrogen-bond acceptors (Lipinski definition) is 5. The lowest BCUT2D eigenvalue weighted by molar-refractivity contribution is -0.111. The molecule has 0 aliphatic carbocycles. The zero-order valence-corrected chi connectivity index (χ0v) is 19.5. The summed E-state index contributed by atoms with van der Waals surface area (Å²) in [7, 11) is 4.57. The topological polar surface area (TPSA) is 85.9 Å². The van der Waals surface area contributed by atoms with Crippen LogP contribution in [0.25, 0.3) is 6.08 Å². The van der Waals surface area contributed by atoms with E-state index in [1.54, 1.807) is 42.5 Å². The Morgan fingerprint density at radius 2 is 1.53 bits per heavy atom. The lowest BCUT2D eigenvalue weighted by atomic mass is 10.1. The average Bonchev–Trinajstić information content (AvgIpc) is 2.87. The molecule has 0 atom stereocenters. The zero-order chi connectivity index (χ0) is 24.3. The molecule has 0 aliphatic rings. The largest absolute Gasteiger partial charge is 0.493 e. The number of benzene rings is 3. The van der Waals surface area contributed by atoms with Crippen LogP contribution in [0.1, 0.15) is 21.5 Å². The molecule has 2 N–H and O–H groups in total. The summed E-state index contributed by atoms with van der Waals surface area (Å²) >= 11 is 0. The Morgan fingerprint density at radius 1 is 0.824 bits per heavy atom. The maximum Gasteiger partial charge on any atom is 0.253 e. The second kappa shape index (κ2) is 12.1. The summed E-state index contributed by atoms with van der Waals surface area (Å²) in [5.74, 6) is 0.765. The first-order valence-corrected chi connectivity index (χ1v) is 10.8. The van der Waals surface area contributed by atoms with E-state index < -0.39 is 0 Å². The fourth-order valence-corrected chi connectivity index (χ4v) is 3.45. The highest BCUT2D eigenvalue weighted by molar-refractivity contribution is 6.07. The lowest BCUT2D eigenvalue weighted by Gasteiger charge is -2.14. The highest BCUT2D eigenvalue weighted by Gasteiger charge is 2.15. The molecule has 0 spiro atoms. The van der Waals surface area contributed by atoms with Crippen molar-refractivity contribution in [2.45, 2.75) is 6.42 Å². The number of nitrogens with one attached hydrogen (secondary N) is 2. The first kappa shape index (κ1) is 24.4. The molecule has 7 heteroatoms. The number of methoxy groups -OCH3 is 3. The van der Waals surface area contributed by atoms with E-state index in [-0.39, 0.29) is 11.8 Å². The van der Waals surface area contributed by atoms with Crippen LogP contribution in [0, 0.1) is 0 Å². The molecule has 0 fully saturated rings. The van der Waals surface area contributed by atoms with Crippen molar-refractivity contribution in [1.29, 1.82) is 0 Å². The van der Waals surface area contributed by atoms with Gasteiger partial charge in [0.2, 0.25) is 11.7 Å². The van der Waals surface area contributed by atoms with E-state index in [2.05, 4.69) is 10.6 Å². The summed E-state index contributed by atoms with van der Waals surface area (Å²) in [6, 6.07) is 20.3. The van der Waals surface area contributed by atoms with E-state index in [0.29, 0.717) is 40.6 Å². The van der Waals surface area contributed by atoms with Crippen LogP contribution < -0.4 is 24.8 Å². The van der Waals surface area contributed by atoms with Crippen molar-refractivity contribution < 1.29 is 23.8 Å². The van der Waals surface area contributed by atoms with Crippen molar-refractivity contribution in [3.8, 4) is 17.2 Å². The molecule has 0 saturated carbocycles. The predicted octanol–water partition coefficient (Wildman–Crippen LogP) is 4.34. The number of carbonyl (C=O) groups is 2. The van der Waals surface area contributed by atoms with Crippen molar-refractivity contribution in [1.82, 2.24) is 5.32 Å². The molecule has 0 aromatic heterocycles. The summed E-state index contributed by atoms with van der Waals surface area (Å²) in [6.07, 6.45) is 3.70. The molecule has 34 heavy (non-hydrogen) atoms. The van der Waals surface area contributed by atoms with Gasteiger partial charge in [-0.2, -0.15) is 0 Å². The molecular weight excluding hydrogens is 432 g/mol. The summed E-state index contributed by atoms with van der Waals surface area (Å²) in [4.78, 5) is 25.3. The lowest BCUT2D eigenvalue weighted by Crippen LogP contribution is -2.27. The first-order valence-electron chi connectivity index (χ1n) is 10.8. The second-order valence-electron chi connectivity index (χ2n) is 7.28. The minimum Gasteiger partial charge on any atom is -0.493 e. The van der Waals surface area contributed by atoms with Gasteiger partial charge < -0.3 is 24.8 Å². The van der Waals surface area contributed by atoms with Gasteiger partial charge in [-0.25, -0.2) is 0 Å². The van der Waals surface area contributed by atoms with E-state index in [0.717, 1.165) is 12.0 Å². The van der Waals surface area contributed by atoms with Crippen LogP contribution in [-0.2, 0) is 11.2 Å². The molecule has 0 aliphatic heterocycles. The summed E-state index contributed by atoms with van der Waals surface area (Å²) < 4.78 is 16.1. The Hall–Kier alpha value is -4.26. The van der Waals surface area contributed by atoms with E-state index >= 15 is 0 Å². The first-order chi connectivity index (χ1) is 16.6. The summed E-state index contributed by atoms with van der Waals surface area (Å²) in [5, 5.41) is 5.68. The Bertz CT molecular complexity index is 1160. The van der Waals surface area contributed by atoms with Gasteiger partial charge in [0, 0.05) is 18.2 Å². The number of ether oxygens (including phenoxy) is 3. The van der Waals surface area contributed by atoms with Crippen molar-refractivity contribution in [3.05, 3.63) is 89.5 Å². The molecule has 2 amide bonds. The number of rotatable bonds is 10. The molecule has 0 unspecified atom stereocenters. The third kappa shape index (κ3) is 6.16. The monoisotopic (exact) mass is 460 g/mol. The fraction of sp³-hybridized carbons (Fsp3) is 0.185. The number of amides is 2. The standard InChI is InChI=1S/C27H28N2O5/c1-32-23-15-13-20(25(33-2)26(23)34-3)14-16-24(30)29-22-12-8-7-11-21(22)27(31)28-18-17-19-9-5-4-6-10-19/h4-16H,17-18H2,1-3H3,(H,28,31)(H,29,30)/b16-14+. The average molecular weight is 461 g/mol. The van der Waals surface area contributed by atoms with Gasteiger partial charge in [0.1, 0.15) is 0 Å². The van der Waals surface area contributed by atoms with Gasteiger partial charge in [0.05, 0.1) is 32.6 Å². The normalized spacial score (nSPS) is 10.6. The van der Waals surface area contributed by atoms with Gasteiger partial charge in [0.25, 0.3) is 5.91 Å². The number of anilines is 1. The third-order valence-corrected chi connectivity index (χ3v) is 5.12. The quantitative estimate of drug-likeness (QED) is 0.440. The summed E-state index contributed by atoms with van der Waals surface area (Å²) in [6.45, 7) is 0.490. The van der Waals surface area contributed by atoms with Crippen molar-refractivity contribution in [3.63, 3.8) is 0 Å². The van der Waals surface area contributed by atoms with E-state index in [1.807, 2.05) is 30.3 Å². The van der Waals surface area contributed by atoms with Crippen LogP contribution in [0.15, 0.2) is 72.8 Å². The Balaban J connectivity index is 1.68. The van der Waals surface area contributed by atoms with E-state index in [1.165, 1.54) is 27.4 Å². The predicted molar refractivity (Wildman–Crippen MR) is 133 cm³/mol. The van der Waals surface area contributed by atoms with Crippen molar-refractivity contribution in [2.75, 3.05) is 33.2 Å². The van der Waals surface area contributed by atoms with Gasteiger partial charge in [-0.1, -0.05) is 42.5 Å².